The minimum atomic E-state index is -0.799. The maximum Gasteiger partial charge on any atom is 0.303 e. The van der Waals surface area contributed by atoms with Gasteiger partial charge in [0, 0.05) is 12.0 Å². The number of hydrogen-bond acceptors (Lipinski definition) is 2. The molecule has 3 nitrogen and oxygen atoms in total. The smallest absolute Gasteiger partial charge is 0.303 e. The van der Waals surface area contributed by atoms with Crippen LogP contribution in [0, 0.1) is 12.3 Å². The summed E-state index contributed by atoms with van der Waals surface area (Å²) in [7, 11) is 0. The summed E-state index contributed by atoms with van der Waals surface area (Å²) < 4.78 is 0. The van der Waals surface area contributed by atoms with E-state index in [0.29, 0.717) is 6.42 Å². The first-order valence-corrected chi connectivity index (χ1v) is 4.00. The Bertz CT molecular complexity index is 353. The molecule has 3 heteroatoms. The molecule has 0 atom stereocenters. The first-order valence-electron chi connectivity index (χ1n) is 4.00. The Morgan fingerprint density at radius 1 is 1.43 bits per heavy atom. The molecule has 0 saturated heterocycles. The predicted octanol–water partition coefficient (Wildman–Crippen LogP) is 1.85. The van der Waals surface area contributed by atoms with Crippen LogP contribution in [0.4, 0.5) is 0 Å². The standard InChI is InChI=1S/C11H10O2.H3N/c1-2-9-5-3-4-6-10(9)7-8-11(12)13;/h1,3-6H,7-8H2,(H,12,13);1H3. The summed E-state index contributed by atoms with van der Waals surface area (Å²) in [6.07, 6.45) is 5.88. The van der Waals surface area contributed by atoms with E-state index in [1.807, 2.05) is 24.3 Å². The lowest BCUT2D eigenvalue weighted by atomic mass is 10.0. The summed E-state index contributed by atoms with van der Waals surface area (Å²) in [5, 5.41) is 8.49. The van der Waals surface area contributed by atoms with Gasteiger partial charge in [-0.3, -0.25) is 4.79 Å². The van der Waals surface area contributed by atoms with Gasteiger partial charge in [-0.25, -0.2) is 0 Å². The first kappa shape index (κ1) is 12.2. The van der Waals surface area contributed by atoms with Crippen molar-refractivity contribution < 1.29 is 9.90 Å². The predicted molar refractivity (Wildman–Crippen MR) is 55.4 cm³/mol. The Hall–Kier alpha value is -1.79. The fourth-order valence-electron chi connectivity index (χ4n) is 1.12. The molecule has 0 aliphatic carbocycles. The summed E-state index contributed by atoms with van der Waals surface area (Å²) in [5.41, 5.74) is 1.70. The second-order valence-electron chi connectivity index (χ2n) is 2.70. The number of aryl methyl sites for hydroxylation is 1. The molecule has 0 saturated carbocycles. The molecule has 74 valence electrons. The average Bonchev–Trinajstić information content (AvgIpc) is 2.15. The van der Waals surface area contributed by atoms with Gasteiger partial charge in [-0.1, -0.05) is 24.1 Å². The molecular weight excluding hydrogens is 178 g/mol. The molecule has 0 unspecified atom stereocenters. The molecule has 0 heterocycles. The lowest BCUT2D eigenvalue weighted by Gasteiger charge is -2.01. The average molecular weight is 191 g/mol. The van der Waals surface area contributed by atoms with Gasteiger partial charge >= 0.3 is 5.97 Å². The third-order valence-electron chi connectivity index (χ3n) is 1.78. The van der Waals surface area contributed by atoms with Crippen molar-refractivity contribution >= 4 is 5.97 Å². The molecule has 4 N–H and O–H groups in total. The molecule has 0 radical (unpaired) electrons. The lowest BCUT2D eigenvalue weighted by Crippen LogP contribution is -1.98. The van der Waals surface area contributed by atoms with Crippen LogP contribution in [0.25, 0.3) is 0 Å². The zero-order valence-electron chi connectivity index (χ0n) is 7.86. The third-order valence-corrected chi connectivity index (χ3v) is 1.78. The van der Waals surface area contributed by atoms with Crippen molar-refractivity contribution in [3.63, 3.8) is 0 Å². The number of carboxylic acids is 1. The highest BCUT2D eigenvalue weighted by atomic mass is 16.4. The Labute approximate surface area is 83.3 Å². The Kier molecular flexibility index (Phi) is 5.05. The van der Waals surface area contributed by atoms with Gasteiger partial charge in [-0.05, 0) is 18.1 Å². The van der Waals surface area contributed by atoms with E-state index in [-0.39, 0.29) is 12.6 Å². The van der Waals surface area contributed by atoms with Crippen LogP contribution >= 0.6 is 0 Å². The minimum absolute atomic E-state index is 0. The van der Waals surface area contributed by atoms with Crippen molar-refractivity contribution in [3.05, 3.63) is 35.4 Å². The monoisotopic (exact) mass is 191 g/mol. The quantitative estimate of drug-likeness (QED) is 0.716. The molecule has 0 fully saturated rings. The maximum atomic E-state index is 10.3. The molecule has 1 aromatic carbocycles. The second kappa shape index (κ2) is 5.79. The molecule has 1 rings (SSSR count). The summed E-state index contributed by atoms with van der Waals surface area (Å²) in [5.74, 6) is 1.73. The third kappa shape index (κ3) is 3.30. The molecule has 0 aliphatic rings. The van der Waals surface area contributed by atoms with Gasteiger partial charge in [0.2, 0.25) is 0 Å². The normalized spacial score (nSPS) is 8.50. The number of carboxylic acid groups (broad SMARTS) is 1. The molecule has 1 aromatic rings. The van der Waals surface area contributed by atoms with E-state index in [0.717, 1.165) is 11.1 Å². The van der Waals surface area contributed by atoms with Crippen molar-refractivity contribution in [2.24, 2.45) is 0 Å². The summed E-state index contributed by atoms with van der Waals surface area (Å²) in [6.45, 7) is 0. The first-order chi connectivity index (χ1) is 6.24. The van der Waals surface area contributed by atoms with Gasteiger partial charge in [0.25, 0.3) is 0 Å². The van der Waals surface area contributed by atoms with Crippen molar-refractivity contribution in [1.82, 2.24) is 6.15 Å². The molecule has 0 spiro atoms. The largest absolute Gasteiger partial charge is 0.481 e. The van der Waals surface area contributed by atoms with Crippen molar-refractivity contribution in [1.29, 1.82) is 0 Å². The van der Waals surface area contributed by atoms with Gasteiger partial charge in [-0.15, -0.1) is 6.42 Å². The number of carbonyl (C=O) groups is 1. The Balaban J connectivity index is 0.00000169. The van der Waals surface area contributed by atoms with Crippen molar-refractivity contribution in [2.45, 2.75) is 12.8 Å². The molecule has 0 aliphatic heterocycles. The fourth-order valence-corrected chi connectivity index (χ4v) is 1.12. The van der Waals surface area contributed by atoms with E-state index < -0.39 is 5.97 Å². The highest BCUT2D eigenvalue weighted by molar-refractivity contribution is 5.67. The second-order valence-corrected chi connectivity index (χ2v) is 2.70. The van der Waals surface area contributed by atoms with Gasteiger partial charge < -0.3 is 11.3 Å². The van der Waals surface area contributed by atoms with E-state index in [9.17, 15) is 4.79 Å². The maximum absolute atomic E-state index is 10.3. The van der Waals surface area contributed by atoms with E-state index in [2.05, 4.69) is 5.92 Å². The van der Waals surface area contributed by atoms with E-state index in [1.165, 1.54) is 0 Å². The molecule has 0 aromatic heterocycles. The molecule has 0 amide bonds. The van der Waals surface area contributed by atoms with Gasteiger partial charge in [0.15, 0.2) is 0 Å². The topological polar surface area (TPSA) is 72.3 Å². The van der Waals surface area contributed by atoms with Crippen LogP contribution in [0.5, 0.6) is 0 Å². The van der Waals surface area contributed by atoms with Gasteiger partial charge in [-0.2, -0.15) is 0 Å². The summed E-state index contributed by atoms with van der Waals surface area (Å²) in [4.78, 5) is 10.3. The van der Waals surface area contributed by atoms with Crippen LogP contribution in [0.1, 0.15) is 17.5 Å². The van der Waals surface area contributed by atoms with Crippen LogP contribution < -0.4 is 6.15 Å². The van der Waals surface area contributed by atoms with Crippen LogP contribution in [-0.2, 0) is 11.2 Å². The van der Waals surface area contributed by atoms with Crippen LogP contribution in [0.2, 0.25) is 0 Å². The van der Waals surface area contributed by atoms with Gasteiger partial charge in [0.05, 0.1) is 0 Å². The van der Waals surface area contributed by atoms with Crippen LogP contribution in [0.3, 0.4) is 0 Å². The zero-order chi connectivity index (χ0) is 9.68. The molecule has 0 bridgehead atoms. The Morgan fingerprint density at radius 2 is 2.07 bits per heavy atom. The van der Waals surface area contributed by atoms with Crippen molar-refractivity contribution in [2.75, 3.05) is 0 Å². The SMILES string of the molecule is C#Cc1ccccc1CCC(=O)O.N. The number of rotatable bonds is 3. The van der Waals surface area contributed by atoms with E-state index >= 15 is 0 Å². The van der Waals surface area contributed by atoms with E-state index in [4.69, 9.17) is 11.5 Å². The lowest BCUT2D eigenvalue weighted by molar-refractivity contribution is -0.136. The number of terminal acetylenes is 1. The minimum Gasteiger partial charge on any atom is -0.481 e. The zero-order valence-corrected chi connectivity index (χ0v) is 7.86. The van der Waals surface area contributed by atoms with Crippen molar-refractivity contribution in [3.8, 4) is 12.3 Å². The number of benzene rings is 1. The van der Waals surface area contributed by atoms with Crippen LogP contribution in [-0.4, -0.2) is 11.1 Å². The summed E-state index contributed by atoms with van der Waals surface area (Å²) in [6, 6.07) is 7.38. The fraction of sp³-hybridized carbons (Fsp3) is 0.182. The highest BCUT2D eigenvalue weighted by Crippen LogP contribution is 2.09. The number of hydrogen-bond donors (Lipinski definition) is 2. The number of aliphatic carboxylic acids is 1. The highest BCUT2D eigenvalue weighted by Gasteiger charge is 2.01. The summed E-state index contributed by atoms with van der Waals surface area (Å²) >= 11 is 0. The molecular formula is C11H13NO2. The van der Waals surface area contributed by atoms with Crippen LogP contribution in [0.15, 0.2) is 24.3 Å². The molecule has 14 heavy (non-hydrogen) atoms. The van der Waals surface area contributed by atoms with E-state index in [1.54, 1.807) is 0 Å². The Morgan fingerprint density at radius 3 is 2.64 bits per heavy atom. The van der Waals surface area contributed by atoms with Gasteiger partial charge in [0.1, 0.15) is 0 Å².